The van der Waals surface area contributed by atoms with Gasteiger partial charge in [0.1, 0.15) is 0 Å². The number of nitro groups is 1. The number of Topliss-reactive ketones (excluding diaryl/α,β-unsaturated/α-hetero) is 1. The summed E-state index contributed by atoms with van der Waals surface area (Å²) >= 11 is 5.46. The van der Waals surface area contributed by atoms with Gasteiger partial charge in [-0.05, 0) is 11.1 Å². The molecule has 0 aliphatic heterocycles. The summed E-state index contributed by atoms with van der Waals surface area (Å²) in [6.45, 7) is -0.760. The number of rotatable bonds is 6. The maximum Gasteiger partial charge on any atom is 0.265 e. The highest BCUT2D eigenvalue weighted by Gasteiger charge is 2.22. The first-order chi connectivity index (χ1) is 11.0. The number of hydrogen-bond acceptors (Lipinski definition) is 4. The van der Waals surface area contributed by atoms with Crippen LogP contribution >= 0.6 is 11.8 Å². The van der Waals surface area contributed by atoms with Crippen LogP contribution < -0.4 is 4.84 Å². The summed E-state index contributed by atoms with van der Waals surface area (Å²) < 4.78 is 0. The van der Waals surface area contributed by atoms with Crippen molar-refractivity contribution in [2.45, 2.75) is 5.92 Å². The monoisotopic (exact) mass is 332 g/mol. The van der Waals surface area contributed by atoms with Crippen molar-refractivity contribution in [3.05, 3.63) is 81.4 Å². The minimum Gasteiger partial charge on any atom is -0.287 e. The Balaban J connectivity index is 2.32. The van der Waals surface area contributed by atoms with Gasteiger partial charge >= 0.3 is 0 Å². The van der Waals surface area contributed by atoms with Crippen molar-refractivity contribution in [2.75, 3.05) is 6.54 Å². The molecule has 1 atom stereocenters. The second kappa shape index (κ2) is 7.51. The number of nitrogens with one attached hydrogen (secondary N) is 1. The van der Waals surface area contributed by atoms with Gasteiger partial charge in [0.15, 0.2) is 0 Å². The molecule has 23 heavy (non-hydrogen) atoms. The third kappa shape index (κ3) is 4.14. The molecule has 0 heterocycles. The summed E-state index contributed by atoms with van der Waals surface area (Å²) in [4.78, 5) is 35.5. The van der Waals surface area contributed by atoms with Crippen molar-refractivity contribution < 1.29 is 14.5 Å². The SMILES string of the molecule is O=C(C[N+](=O)[O-])c1ccc(C(C(=O)NCl)c2ccccc2)cc1. The van der Waals surface area contributed by atoms with Crippen LogP contribution in [0.25, 0.3) is 0 Å². The van der Waals surface area contributed by atoms with Crippen molar-refractivity contribution >= 4 is 23.5 Å². The molecule has 6 nitrogen and oxygen atoms in total. The van der Waals surface area contributed by atoms with Gasteiger partial charge in [-0.15, -0.1) is 0 Å². The molecule has 0 saturated carbocycles. The van der Waals surface area contributed by atoms with E-state index in [1.807, 2.05) is 6.07 Å². The quantitative estimate of drug-likeness (QED) is 0.381. The van der Waals surface area contributed by atoms with E-state index in [0.29, 0.717) is 5.56 Å². The van der Waals surface area contributed by atoms with Gasteiger partial charge in [-0.25, -0.2) is 0 Å². The zero-order valence-electron chi connectivity index (χ0n) is 11.9. The van der Waals surface area contributed by atoms with Gasteiger partial charge in [0.05, 0.1) is 5.92 Å². The van der Waals surface area contributed by atoms with E-state index in [4.69, 9.17) is 11.8 Å². The maximum absolute atomic E-state index is 12.1. The van der Waals surface area contributed by atoms with Crippen LogP contribution in [0.15, 0.2) is 54.6 Å². The third-order valence-electron chi connectivity index (χ3n) is 3.33. The molecule has 2 aromatic carbocycles. The molecule has 0 aromatic heterocycles. The molecule has 0 radical (unpaired) electrons. The van der Waals surface area contributed by atoms with Gasteiger partial charge in [0, 0.05) is 22.3 Å². The molecule has 0 saturated heterocycles. The number of halogens is 1. The fourth-order valence-electron chi connectivity index (χ4n) is 2.27. The van der Waals surface area contributed by atoms with Crippen molar-refractivity contribution in [3.8, 4) is 0 Å². The third-order valence-corrected chi connectivity index (χ3v) is 3.51. The molecular weight excluding hydrogens is 320 g/mol. The van der Waals surface area contributed by atoms with Crippen LogP contribution in [-0.4, -0.2) is 23.2 Å². The number of carbonyl (C=O) groups is 2. The average Bonchev–Trinajstić information content (AvgIpc) is 2.56. The van der Waals surface area contributed by atoms with E-state index in [9.17, 15) is 19.7 Å². The van der Waals surface area contributed by atoms with Gasteiger partial charge in [0.25, 0.3) is 6.54 Å². The highest BCUT2D eigenvalue weighted by Crippen LogP contribution is 2.25. The van der Waals surface area contributed by atoms with Crippen molar-refractivity contribution in [1.82, 2.24) is 4.84 Å². The zero-order valence-corrected chi connectivity index (χ0v) is 12.7. The lowest BCUT2D eigenvalue weighted by Crippen LogP contribution is -2.23. The zero-order chi connectivity index (χ0) is 16.8. The van der Waals surface area contributed by atoms with Crippen LogP contribution in [0.4, 0.5) is 0 Å². The summed E-state index contributed by atoms with van der Waals surface area (Å²) in [6.07, 6.45) is 0. The molecule has 0 bridgehead atoms. The fourth-order valence-corrected chi connectivity index (χ4v) is 2.37. The van der Waals surface area contributed by atoms with Crippen LogP contribution in [0.5, 0.6) is 0 Å². The van der Waals surface area contributed by atoms with Crippen molar-refractivity contribution in [2.24, 2.45) is 0 Å². The molecule has 0 aliphatic rings. The lowest BCUT2D eigenvalue weighted by atomic mass is 9.90. The van der Waals surface area contributed by atoms with Crippen LogP contribution in [0.2, 0.25) is 0 Å². The number of benzene rings is 2. The minimum atomic E-state index is -0.760. The first-order valence-electron chi connectivity index (χ1n) is 6.73. The molecule has 1 unspecified atom stereocenters. The first-order valence-corrected chi connectivity index (χ1v) is 7.11. The van der Waals surface area contributed by atoms with Crippen LogP contribution in [-0.2, 0) is 4.79 Å². The van der Waals surface area contributed by atoms with Gasteiger partial charge in [-0.3, -0.25) is 24.5 Å². The Kier molecular flexibility index (Phi) is 5.43. The molecule has 0 aliphatic carbocycles. The predicted octanol–water partition coefficient (Wildman–Crippen LogP) is 2.55. The molecule has 0 fully saturated rings. The fraction of sp³-hybridized carbons (Fsp3) is 0.125. The average molecular weight is 333 g/mol. The van der Waals surface area contributed by atoms with Crippen LogP contribution in [0.3, 0.4) is 0 Å². The van der Waals surface area contributed by atoms with Gasteiger partial charge in [0.2, 0.25) is 11.7 Å². The number of hydrogen-bond donors (Lipinski definition) is 1. The number of amides is 1. The molecule has 2 aromatic rings. The molecule has 1 amide bonds. The van der Waals surface area contributed by atoms with Crippen molar-refractivity contribution in [3.63, 3.8) is 0 Å². The Morgan fingerprint density at radius 1 is 1.04 bits per heavy atom. The molecule has 118 valence electrons. The standard InChI is InChI=1S/C16H13ClN2O4/c17-18-16(21)15(12-4-2-1-3-5-12)13-8-6-11(7-9-13)14(20)10-19(22)23/h1-9,15H,10H2,(H,18,21). The number of carbonyl (C=O) groups excluding carboxylic acids is 2. The van der Waals surface area contributed by atoms with E-state index in [2.05, 4.69) is 4.84 Å². The Morgan fingerprint density at radius 3 is 2.13 bits per heavy atom. The first kappa shape index (κ1) is 16.6. The predicted molar refractivity (Wildman–Crippen MR) is 84.9 cm³/mol. The Hall–Kier alpha value is -2.73. The lowest BCUT2D eigenvalue weighted by Gasteiger charge is -2.15. The highest BCUT2D eigenvalue weighted by molar-refractivity contribution is 6.22. The van der Waals surface area contributed by atoms with E-state index in [0.717, 1.165) is 5.56 Å². The van der Waals surface area contributed by atoms with Crippen LogP contribution in [0, 0.1) is 10.1 Å². The molecular formula is C16H13ClN2O4. The highest BCUT2D eigenvalue weighted by atomic mass is 35.5. The normalized spacial score (nSPS) is 11.5. The van der Waals surface area contributed by atoms with Gasteiger partial charge in [-0.1, -0.05) is 54.6 Å². The molecule has 2 rings (SSSR count). The minimum absolute atomic E-state index is 0.226. The van der Waals surface area contributed by atoms with E-state index >= 15 is 0 Å². The lowest BCUT2D eigenvalue weighted by molar-refractivity contribution is -0.465. The van der Waals surface area contributed by atoms with Crippen LogP contribution in [0.1, 0.15) is 27.4 Å². The molecule has 0 spiro atoms. The maximum atomic E-state index is 12.1. The second-order valence-corrected chi connectivity index (χ2v) is 5.03. The molecule has 7 heteroatoms. The smallest absolute Gasteiger partial charge is 0.265 e. The Labute approximate surface area is 137 Å². The van der Waals surface area contributed by atoms with Crippen molar-refractivity contribution in [1.29, 1.82) is 0 Å². The van der Waals surface area contributed by atoms with Gasteiger partial charge < -0.3 is 0 Å². The van der Waals surface area contributed by atoms with E-state index in [1.165, 1.54) is 12.1 Å². The van der Waals surface area contributed by atoms with E-state index in [-0.39, 0.29) is 5.56 Å². The summed E-state index contributed by atoms with van der Waals surface area (Å²) in [5, 5.41) is 10.4. The number of nitrogens with zero attached hydrogens (tertiary/aromatic N) is 1. The second-order valence-electron chi connectivity index (χ2n) is 4.84. The largest absolute Gasteiger partial charge is 0.287 e. The summed E-state index contributed by atoms with van der Waals surface area (Å²) in [6, 6.07) is 15.2. The Morgan fingerprint density at radius 2 is 1.61 bits per heavy atom. The Bertz CT molecular complexity index is 717. The summed E-state index contributed by atoms with van der Waals surface area (Å²) in [7, 11) is 0. The van der Waals surface area contributed by atoms with E-state index < -0.39 is 29.1 Å². The molecule has 1 N–H and O–H groups in total. The topological polar surface area (TPSA) is 89.3 Å². The summed E-state index contributed by atoms with van der Waals surface area (Å²) in [5.74, 6) is -1.62. The summed E-state index contributed by atoms with van der Waals surface area (Å²) in [5.41, 5.74) is 1.60. The number of ketones is 1. The van der Waals surface area contributed by atoms with Gasteiger partial charge in [-0.2, -0.15) is 0 Å². The van der Waals surface area contributed by atoms with E-state index in [1.54, 1.807) is 36.4 Å².